The van der Waals surface area contributed by atoms with Gasteiger partial charge in [0.1, 0.15) is 5.75 Å². The summed E-state index contributed by atoms with van der Waals surface area (Å²) in [5, 5.41) is 6.11. The number of nitrogens with one attached hydrogen (secondary N) is 2. The van der Waals surface area contributed by atoms with Crippen LogP contribution < -0.4 is 15.4 Å². The van der Waals surface area contributed by atoms with Gasteiger partial charge in [0.15, 0.2) is 0 Å². The van der Waals surface area contributed by atoms with Crippen molar-refractivity contribution in [2.24, 2.45) is 5.92 Å². The minimum Gasteiger partial charge on any atom is -0.496 e. The highest BCUT2D eigenvalue weighted by atomic mass is 32.2. The zero-order valence-corrected chi connectivity index (χ0v) is 17.3. The minimum absolute atomic E-state index is 0.0897. The van der Waals surface area contributed by atoms with Gasteiger partial charge in [-0.1, -0.05) is 13.8 Å². The van der Waals surface area contributed by atoms with Gasteiger partial charge in [-0.05, 0) is 50.0 Å². The third-order valence-corrected chi connectivity index (χ3v) is 6.84. The highest BCUT2D eigenvalue weighted by Gasteiger charge is 2.29. The second-order valence-electron chi connectivity index (χ2n) is 6.76. The van der Waals surface area contributed by atoms with Crippen molar-refractivity contribution < 1.29 is 17.9 Å². The predicted molar refractivity (Wildman–Crippen MR) is 105 cm³/mol. The summed E-state index contributed by atoms with van der Waals surface area (Å²) in [5.41, 5.74) is 0.655. The van der Waals surface area contributed by atoms with Crippen molar-refractivity contribution in [3.63, 3.8) is 0 Å². The summed E-state index contributed by atoms with van der Waals surface area (Å²) in [5.74, 6) is 0.995. The summed E-state index contributed by atoms with van der Waals surface area (Å²) in [6, 6.07) is 4.83. The van der Waals surface area contributed by atoms with Gasteiger partial charge in [0.25, 0.3) is 0 Å². The van der Waals surface area contributed by atoms with Gasteiger partial charge in [0.05, 0.1) is 12.0 Å². The van der Waals surface area contributed by atoms with Crippen LogP contribution in [0.2, 0.25) is 0 Å². The Morgan fingerprint density at radius 2 is 1.96 bits per heavy atom. The topological polar surface area (TPSA) is 87.7 Å². The van der Waals surface area contributed by atoms with Gasteiger partial charge in [-0.25, -0.2) is 8.42 Å². The number of hydrogen-bond acceptors (Lipinski definition) is 5. The molecule has 152 valence electrons. The molecule has 1 amide bonds. The van der Waals surface area contributed by atoms with Crippen molar-refractivity contribution in [2.45, 2.75) is 44.6 Å². The van der Waals surface area contributed by atoms with E-state index in [-0.39, 0.29) is 17.3 Å². The lowest BCUT2D eigenvalue weighted by Crippen LogP contribution is -2.40. The summed E-state index contributed by atoms with van der Waals surface area (Å²) in [4.78, 5) is 11.8. The predicted octanol–water partition coefficient (Wildman–Crippen LogP) is 1.73. The lowest BCUT2D eigenvalue weighted by Gasteiger charge is -2.31. The van der Waals surface area contributed by atoms with Crippen molar-refractivity contribution in [2.75, 3.05) is 33.3 Å². The number of rotatable bonds is 9. The Hall–Kier alpha value is -1.64. The maximum absolute atomic E-state index is 13.0. The molecule has 1 aromatic rings. The zero-order valence-electron chi connectivity index (χ0n) is 16.5. The SMILES string of the molecule is CCNCC1CCN(S(=O)(=O)c2ccc(OC)c(CNC(=O)CC)c2)CC1. The molecule has 1 aromatic carbocycles. The Morgan fingerprint density at radius 3 is 2.56 bits per heavy atom. The van der Waals surface area contributed by atoms with Crippen molar-refractivity contribution in [1.29, 1.82) is 0 Å². The highest BCUT2D eigenvalue weighted by Crippen LogP contribution is 2.27. The van der Waals surface area contributed by atoms with Crippen LogP contribution in [0.1, 0.15) is 38.7 Å². The molecule has 1 heterocycles. The van der Waals surface area contributed by atoms with Crippen LogP contribution in [-0.4, -0.2) is 51.9 Å². The van der Waals surface area contributed by atoms with E-state index in [0.29, 0.717) is 36.7 Å². The molecule has 1 fully saturated rings. The molecule has 0 atom stereocenters. The third-order valence-electron chi connectivity index (χ3n) is 4.94. The van der Waals surface area contributed by atoms with Gasteiger partial charge in [-0.2, -0.15) is 4.31 Å². The first-order valence-electron chi connectivity index (χ1n) is 9.56. The Bertz CT molecular complexity index is 728. The normalized spacial score (nSPS) is 16.3. The van der Waals surface area contributed by atoms with Gasteiger partial charge in [0, 0.05) is 31.6 Å². The van der Waals surface area contributed by atoms with Crippen LogP contribution in [0.25, 0.3) is 0 Å². The Kier molecular flexibility index (Phi) is 8.07. The molecule has 1 saturated heterocycles. The van der Waals surface area contributed by atoms with Gasteiger partial charge in [-0.3, -0.25) is 4.79 Å². The average Bonchev–Trinajstić information content (AvgIpc) is 2.70. The standard InChI is InChI=1S/C19H31N3O4S/c1-4-19(23)21-14-16-12-17(6-7-18(16)26-3)27(24,25)22-10-8-15(9-11-22)13-20-5-2/h6-7,12,15,20H,4-5,8-11,13-14H2,1-3H3,(H,21,23). The van der Waals surface area contributed by atoms with Crippen LogP contribution in [-0.2, 0) is 21.4 Å². The van der Waals surface area contributed by atoms with Gasteiger partial charge in [0.2, 0.25) is 15.9 Å². The first-order chi connectivity index (χ1) is 12.9. The number of carbonyl (C=O) groups excluding carboxylic acids is 1. The highest BCUT2D eigenvalue weighted by molar-refractivity contribution is 7.89. The molecule has 27 heavy (non-hydrogen) atoms. The van der Waals surface area contributed by atoms with E-state index in [0.717, 1.165) is 25.9 Å². The molecule has 0 spiro atoms. The summed E-state index contributed by atoms with van der Waals surface area (Å²) in [6.45, 7) is 7.02. The first kappa shape index (κ1) is 21.7. The number of benzene rings is 1. The largest absolute Gasteiger partial charge is 0.496 e. The molecule has 7 nitrogen and oxygen atoms in total. The van der Waals surface area contributed by atoms with Crippen LogP contribution in [0, 0.1) is 5.92 Å². The Balaban J connectivity index is 2.12. The van der Waals surface area contributed by atoms with E-state index >= 15 is 0 Å². The molecular weight excluding hydrogens is 366 g/mol. The second kappa shape index (κ2) is 10.1. The molecular formula is C19H31N3O4S. The molecule has 1 aliphatic rings. The van der Waals surface area contributed by atoms with Crippen LogP contribution in [0.3, 0.4) is 0 Å². The fourth-order valence-electron chi connectivity index (χ4n) is 3.22. The van der Waals surface area contributed by atoms with Crippen molar-refractivity contribution in [1.82, 2.24) is 14.9 Å². The van der Waals surface area contributed by atoms with Crippen LogP contribution in [0.5, 0.6) is 5.75 Å². The van der Waals surface area contributed by atoms with E-state index in [2.05, 4.69) is 17.6 Å². The van der Waals surface area contributed by atoms with E-state index < -0.39 is 10.0 Å². The number of ether oxygens (including phenoxy) is 1. The van der Waals surface area contributed by atoms with Crippen LogP contribution >= 0.6 is 0 Å². The van der Waals surface area contributed by atoms with Crippen molar-refractivity contribution in [3.05, 3.63) is 23.8 Å². The average molecular weight is 398 g/mol. The van der Waals surface area contributed by atoms with Crippen LogP contribution in [0.4, 0.5) is 0 Å². The minimum atomic E-state index is -3.55. The summed E-state index contributed by atoms with van der Waals surface area (Å²) >= 11 is 0. The molecule has 0 aromatic heterocycles. The monoisotopic (exact) mass is 397 g/mol. The maximum Gasteiger partial charge on any atom is 0.243 e. The summed E-state index contributed by atoms with van der Waals surface area (Å²) in [7, 11) is -2.02. The van der Waals surface area contributed by atoms with Crippen LogP contribution in [0.15, 0.2) is 23.1 Å². The lowest BCUT2D eigenvalue weighted by atomic mass is 9.98. The second-order valence-corrected chi connectivity index (χ2v) is 8.70. The van der Waals surface area contributed by atoms with Gasteiger partial charge >= 0.3 is 0 Å². The van der Waals surface area contributed by atoms with Crippen molar-refractivity contribution >= 4 is 15.9 Å². The van der Waals surface area contributed by atoms with Crippen molar-refractivity contribution in [3.8, 4) is 5.75 Å². The van der Waals surface area contributed by atoms with Gasteiger partial charge in [-0.15, -0.1) is 0 Å². The van der Waals surface area contributed by atoms with E-state index in [1.54, 1.807) is 29.4 Å². The number of methoxy groups -OCH3 is 1. The Morgan fingerprint density at radius 1 is 1.26 bits per heavy atom. The number of amides is 1. The number of piperidine rings is 1. The molecule has 0 unspecified atom stereocenters. The molecule has 0 bridgehead atoms. The maximum atomic E-state index is 13.0. The molecule has 2 N–H and O–H groups in total. The number of nitrogens with zero attached hydrogens (tertiary/aromatic N) is 1. The first-order valence-corrected chi connectivity index (χ1v) is 11.0. The molecule has 8 heteroatoms. The molecule has 0 radical (unpaired) electrons. The molecule has 1 aliphatic heterocycles. The number of hydrogen-bond donors (Lipinski definition) is 2. The number of carbonyl (C=O) groups is 1. The van der Waals surface area contributed by atoms with Gasteiger partial charge < -0.3 is 15.4 Å². The fourth-order valence-corrected chi connectivity index (χ4v) is 4.74. The summed E-state index contributed by atoms with van der Waals surface area (Å²) < 4.78 is 32.9. The molecule has 0 saturated carbocycles. The lowest BCUT2D eigenvalue weighted by molar-refractivity contribution is -0.120. The van der Waals surface area contributed by atoms with E-state index in [1.807, 2.05) is 0 Å². The van der Waals surface area contributed by atoms with E-state index in [1.165, 1.54) is 7.11 Å². The third kappa shape index (κ3) is 5.67. The Labute approximate surface area is 162 Å². The zero-order chi connectivity index (χ0) is 19.9. The number of sulfonamides is 1. The molecule has 0 aliphatic carbocycles. The van der Waals surface area contributed by atoms with E-state index in [9.17, 15) is 13.2 Å². The fraction of sp³-hybridized carbons (Fsp3) is 0.632. The quantitative estimate of drug-likeness (QED) is 0.663. The summed E-state index contributed by atoms with van der Waals surface area (Å²) in [6.07, 6.45) is 2.10. The van der Waals surface area contributed by atoms with E-state index in [4.69, 9.17) is 4.74 Å². The smallest absolute Gasteiger partial charge is 0.243 e. The molecule has 2 rings (SSSR count).